The monoisotopic (exact) mass is 499 g/mol. The number of anilines is 1. The molecule has 10 heteroatoms. The summed E-state index contributed by atoms with van der Waals surface area (Å²) in [5.74, 6) is -1.15. The van der Waals surface area contributed by atoms with Gasteiger partial charge in [-0.05, 0) is 31.4 Å². The van der Waals surface area contributed by atoms with E-state index in [2.05, 4.69) is 10.2 Å². The van der Waals surface area contributed by atoms with Gasteiger partial charge in [-0.15, -0.1) is 10.2 Å². The number of benzene rings is 2. The maximum Gasteiger partial charge on any atom is 0.221 e. The van der Waals surface area contributed by atoms with Crippen molar-refractivity contribution in [2.75, 3.05) is 18.0 Å². The fourth-order valence-corrected chi connectivity index (χ4v) is 8.15. The summed E-state index contributed by atoms with van der Waals surface area (Å²) >= 11 is 0. The van der Waals surface area contributed by atoms with E-state index >= 15 is 8.78 Å². The Kier molecular flexibility index (Phi) is 5.41. The number of piperidine rings is 1. The minimum Gasteiger partial charge on any atom is -0.368 e. The zero-order chi connectivity index (χ0) is 24.3. The number of sulfonamides is 1. The Bertz CT molecular complexity index is 1320. The first kappa shape index (κ1) is 22.6. The molecule has 6 rings (SSSR count). The molecule has 0 N–H and O–H groups in total. The van der Waals surface area contributed by atoms with E-state index in [4.69, 9.17) is 0 Å². The minimum atomic E-state index is -3.73. The van der Waals surface area contributed by atoms with E-state index in [1.54, 1.807) is 30.9 Å². The van der Waals surface area contributed by atoms with Crippen molar-refractivity contribution in [2.45, 2.75) is 43.6 Å². The predicted molar refractivity (Wildman–Crippen MR) is 127 cm³/mol. The summed E-state index contributed by atoms with van der Waals surface area (Å²) in [7, 11) is -3.73. The highest BCUT2D eigenvalue weighted by molar-refractivity contribution is 7.89. The fraction of sp³-hybridized carbons (Fsp3) is 0.440. The number of aromatic nitrogens is 3. The standard InChI is InChI=1S/C25H27F2N5O2S/c1-16-7-10-22(17-5-3-2-4-6-17)35(33,34)32(16)11-18-8-9-21(24(27)23(18)26)30-12-19-20(13-30)25(19)31-14-28-29-15-31/h2-6,8-9,14-16,19-20,22,25H,7,10-13H2,1H3/t16-,19-,20+,22-,25?/m0/s1. The zero-order valence-electron chi connectivity index (χ0n) is 19.3. The first-order valence-corrected chi connectivity index (χ1v) is 13.5. The lowest BCUT2D eigenvalue weighted by molar-refractivity contribution is 0.278. The van der Waals surface area contributed by atoms with Crippen LogP contribution in [-0.2, 0) is 16.6 Å². The second-order valence-corrected chi connectivity index (χ2v) is 12.0. The van der Waals surface area contributed by atoms with Crippen LogP contribution in [0.2, 0.25) is 0 Å². The number of hydrogen-bond donors (Lipinski definition) is 0. The van der Waals surface area contributed by atoms with Gasteiger partial charge in [-0.2, -0.15) is 4.31 Å². The molecule has 2 saturated heterocycles. The van der Waals surface area contributed by atoms with Gasteiger partial charge < -0.3 is 9.47 Å². The van der Waals surface area contributed by atoms with E-state index in [-0.39, 0.29) is 23.8 Å². The third kappa shape index (κ3) is 3.74. The highest BCUT2D eigenvalue weighted by atomic mass is 32.2. The second kappa shape index (κ2) is 8.37. The minimum absolute atomic E-state index is 0.0575. The van der Waals surface area contributed by atoms with E-state index < -0.39 is 26.9 Å². The molecule has 3 fully saturated rings. The summed E-state index contributed by atoms with van der Waals surface area (Å²) in [5, 5.41) is 7.02. The van der Waals surface area contributed by atoms with Crippen LogP contribution in [0.5, 0.6) is 0 Å². The molecule has 1 aliphatic carbocycles. The Morgan fingerprint density at radius 1 is 0.943 bits per heavy atom. The van der Waals surface area contributed by atoms with E-state index in [9.17, 15) is 8.42 Å². The van der Waals surface area contributed by atoms with Crippen LogP contribution in [0, 0.1) is 23.5 Å². The molecule has 2 aliphatic heterocycles. The van der Waals surface area contributed by atoms with Crippen molar-refractivity contribution >= 4 is 15.7 Å². The van der Waals surface area contributed by atoms with Crippen LogP contribution in [0.25, 0.3) is 0 Å². The van der Waals surface area contributed by atoms with E-state index in [0.717, 1.165) is 5.56 Å². The lowest BCUT2D eigenvalue weighted by Gasteiger charge is -2.37. The van der Waals surface area contributed by atoms with Gasteiger partial charge in [0.2, 0.25) is 10.0 Å². The van der Waals surface area contributed by atoms with Crippen LogP contribution in [0.4, 0.5) is 14.5 Å². The summed E-state index contributed by atoms with van der Waals surface area (Å²) in [4.78, 5) is 1.88. The van der Waals surface area contributed by atoms with Crippen LogP contribution in [0.3, 0.4) is 0 Å². The molecule has 35 heavy (non-hydrogen) atoms. The molecular weight excluding hydrogens is 472 g/mol. The molecule has 0 bridgehead atoms. The molecule has 3 aromatic rings. The molecule has 1 saturated carbocycles. The average molecular weight is 500 g/mol. The van der Waals surface area contributed by atoms with Crippen LogP contribution >= 0.6 is 0 Å². The molecule has 0 radical (unpaired) electrons. The maximum atomic E-state index is 15.2. The van der Waals surface area contributed by atoms with Gasteiger partial charge in [-0.25, -0.2) is 17.2 Å². The van der Waals surface area contributed by atoms with Crippen molar-refractivity contribution in [2.24, 2.45) is 11.8 Å². The molecule has 2 aromatic carbocycles. The van der Waals surface area contributed by atoms with Crippen molar-refractivity contribution < 1.29 is 17.2 Å². The average Bonchev–Trinajstić information content (AvgIpc) is 3.22. The van der Waals surface area contributed by atoms with Crippen LogP contribution < -0.4 is 4.90 Å². The highest BCUT2D eigenvalue weighted by Gasteiger charge is 2.57. The molecule has 3 heterocycles. The van der Waals surface area contributed by atoms with Crippen molar-refractivity contribution in [3.63, 3.8) is 0 Å². The van der Waals surface area contributed by atoms with Gasteiger partial charge in [0.05, 0.1) is 5.69 Å². The molecular formula is C25H27F2N5O2S. The van der Waals surface area contributed by atoms with E-state index in [1.807, 2.05) is 34.6 Å². The summed E-state index contributed by atoms with van der Waals surface area (Å²) in [6, 6.07) is 12.2. The predicted octanol–water partition coefficient (Wildman–Crippen LogP) is 3.92. The Morgan fingerprint density at radius 2 is 1.63 bits per heavy atom. The molecule has 1 unspecified atom stereocenters. The summed E-state index contributed by atoms with van der Waals surface area (Å²) < 4.78 is 60.7. The molecule has 7 nitrogen and oxygen atoms in total. The number of hydrogen-bond acceptors (Lipinski definition) is 5. The number of rotatable bonds is 5. The summed E-state index contributed by atoms with van der Waals surface area (Å²) in [5.41, 5.74) is 1.02. The van der Waals surface area contributed by atoms with Gasteiger partial charge in [0, 0.05) is 49.1 Å². The van der Waals surface area contributed by atoms with E-state index in [1.165, 1.54) is 10.4 Å². The third-order valence-corrected chi connectivity index (χ3v) is 10.3. The fourth-order valence-electron chi connectivity index (χ4n) is 5.96. The number of fused-ring (bicyclic) bond motifs is 1. The normalized spacial score (nSPS) is 29.8. The second-order valence-electron chi connectivity index (χ2n) is 9.92. The molecule has 5 atom stereocenters. The topological polar surface area (TPSA) is 71.3 Å². The van der Waals surface area contributed by atoms with Gasteiger partial charge in [0.25, 0.3) is 0 Å². The third-order valence-electron chi connectivity index (χ3n) is 7.93. The Morgan fingerprint density at radius 3 is 2.31 bits per heavy atom. The van der Waals surface area contributed by atoms with Crippen LogP contribution in [-0.4, -0.2) is 46.6 Å². The molecule has 184 valence electrons. The molecule has 0 spiro atoms. The van der Waals surface area contributed by atoms with Gasteiger partial charge >= 0.3 is 0 Å². The summed E-state index contributed by atoms with van der Waals surface area (Å²) in [6.07, 6.45) is 4.55. The van der Waals surface area contributed by atoms with Crippen LogP contribution in [0.15, 0.2) is 55.1 Å². The Balaban J connectivity index is 1.21. The maximum absolute atomic E-state index is 15.2. The quantitative estimate of drug-likeness (QED) is 0.532. The van der Waals surface area contributed by atoms with Crippen molar-refractivity contribution in [1.29, 1.82) is 0 Å². The smallest absolute Gasteiger partial charge is 0.221 e. The zero-order valence-corrected chi connectivity index (χ0v) is 20.2. The van der Waals surface area contributed by atoms with Crippen LogP contribution in [0.1, 0.15) is 42.2 Å². The van der Waals surface area contributed by atoms with Gasteiger partial charge in [0.15, 0.2) is 11.6 Å². The van der Waals surface area contributed by atoms with Gasteiger partial charge in [0.1, 0.15) is 17.9 Å². The Hall–Kier alpha value is -2.85. The SMILES string of the molecule is C[C@H]1CC[C@@H](c2ccccc2)S(=O)(=O)N1Cc1ccc(N2C[C@@H]3C(n4cnnc4)[C@@H]3C2)c(F)c1F. The molecule has 0 amide bonds. The van der Waals surface area contributed by atoms with Crippen molar-refractivity contribution in [3.05, 3.63) is 77.9 Å². The van der Waals surface area contributed by atoms with Crippen molar-refractivity contribution in [3.8, 4) is 0 Å². The number of halogens is 2. The first-order valence-electron chi connectivity index (χ1n) is 12.0. The summed E-state index contributed by atoms with van der Waals surface area (Å²) in [6.45, 7) is 2.92. The lowest BCUT2D eigenvalue weighted by Crippen LogP contribution is -2.44. The van der Waals surface area contributed by atoms with Gasteiger partial charge in [-0.1, -0.05) is 36.4 Å². The largest absolute Gasteiger partial charge is 0.368 e. The number of nitrogens with zero attached hydrogens (tertiary/aromatic N) is 5. The molecule has 3 aliphatic rings. The lowest BCUT2D eigenvalue weighted by atomic mass is 10.0. The first-order chi connectivity index (χ1) is 16.9. The Labute approximate surface area is 203 Å². The van der Waals surface area contributed by atoms with E-state index in [0.29, 0.717) is 43.8 Å². The highest BCUT2D eigenvalue weighted by Crippen LogP contribution is 2.56. The molecule has 1 aromatic heterocycles. The van der Waals surface area contributed by atoms with Crippen molar-refractivity contribution in [1.82, 2.24) is 19.1 Å². The van der Waals surface area contributed by atoms with Gasteiger partial charge in [-0.3, -0.25) is 0 Å².